The lowest BCUT2D eigenvalue weighted by atomic mass is 9.92. The van der Waals surface area contributed by atoms with Gasteiger partial charge in [-0.25, -0.2) is 0 Å². The van der Waals surface area contributed by atoms with Crippen LogP contribution in [0.4, 0.5) is 0 Å². The van der Waals surface area contributed by atoms with E-state index in [0.717, 1.165) is 5.56 Å². The second-order valence-corrected chi connectivity index (χ2v) is 6.84. The van der Waals surface area contributed by atoms with Crippen LogP contribution in [0.2, 0.25) is 0 Å². The SMILES string of the molecule is CC1(C)CC(=O)c2cc(C(=O)NCCc3ccc(O)cc3)ccc2O1. The van der Waals surface area contributed by atoms with Crippen LogP contribution in [-0.4, -0.2) is 28.9 Å². The standard InChI is InChI=1S/C20H21NO4/c1-20(2)12-17(23)16-11-14(5-8-18(16)25-20)19(24)21-10-9-13-3-6-15(22)7-4-13/h3-8,11,22H,9-10,12H2,1-2H3,(H,21,24). The molecule has 1 heterocycles. The highest BCUT2D eigenvalue weighted by molar-refractivity contribution is 6.03. The molecule has 2 N–H and O–H groups in total. The van der Waals surface area contributed by atoms with Crippen molar-refractivity contribution in [1.82, 2.24) is 5.32 Å². The van der Waals surface area contributed by atoms with Gasteiger partial charge in [0.25, 0.3) is 5.91 Å². The number of carbonyl (C=O) groups is 2. The zero-order valence-electron chi connectivity index (χ0n) is 14.3. The predicted molar refractivity (Wildman–Crippen MR) is 94.2 cm³/mol. The molecule has 1 aliphatic heterocycles. The minimum Gasteiger partial charge on any atom is -0.508 e. The number of phenolic OH excluding ortho intramolecular Hbond substituents is 1. The Kier molecular flexibility index (Phi) is 4.49. The molecule has 130 valence electrons. The van der Waals surface area contributed by atoms with Gasteiger partial charge in [0, 0.05) is 12.1 Å². The van der Waals surface area contributed by atoms with Crippen molar-refractivity contribution in [3.63, 3.8) is 0 Å². The summed E-state index contributed by atoms with van der Waals surface area (Å²) in [5, 5.41) is 12.1. The van der Waals surface area contributed by atoms with Gasteiger partial charge in [0.1, 0.15) is 17.1 Å². The van der Waals surface area contributed by atoms with Crippen LogP contribution < -0.4 is 10.1 Å². The molecule has 0 unspecified atom stereocenters. The topological polar surface area (TPSA) is 75.6 Å². The summed E-state index contributed by atoms with van der Waals surface area (Å²) >= 11 is 0. The summed E-state index contributed by atoms with van der Waals surface area (Å²) in [6, 6.07) is 11.8. The van der Waals surface area contributed by atoms with Crippen molar-refractivity contribution < 1.29 is 19.4 Å². The van der Waals surface area contributed by atoms with E-state index in [2.05, 4.69) is 5.32 Å². The van der Waals surface area contributed by atoms with E-state index in [1.54, 1.807) is 30.3 Å². The van der Waals surface area contributed by atoms with Crippen molar-refractivity contribution in [2.45, 2.75) is 32.3 Å². The molecule has 1 aliphatic rings. The number of nitrogens with one attached hydrogen (secondary N) is 1. The van der Waals surface area contributed by atoms with E-state index in [4.69, 9.17) is 4.74 Å². The van der Waals surface area contributed by atoms with Crippen molar-refractivity contribution in [1.29, 1.82) is 0 Å². The summed E-state index contributed by atoms with van der Waals surface area (Å²) in [5.41, 5.74) is 1.42. The van der Waals surface area contributed by atoms with E-state index in [9.17, 15) is 14.7 Å². The summed E-state index contributed by atoms with van der Waals surface area (Å²) in [5.74, 6) is 0.517. The first kappa shape index (κ1) is 17.0. The number of ketones is 1. The number of phenols is 1. The van der Waals surface area contributed by atoms with E-state index in [1.165, 1.54) is 0 Å². The summed E-state index contributed by atoms with van der Waals surface area (Å²) in [7, 11) is 0. The average Bonchev–Trinajstić information content (AvgIpc) is 2.55. The largest absolute Gasteiger partial charge is 0.508 e. The minimum atomic E-state index is -0.516. The quantitative estimate of drug-likeness (QED) is 0.897. The maximum Gasteiger partial charge on any atom is 0.251 e. The molecule has 0 atom stereocenters. The number of aromatic hydroxyl groups is 1. The molecule has 0 bridgehead atoms. The lowest BCUT2D eigenvalue weighted by molar-refractivity contribution is 0.0620. The van der Waals surface area contributed by atoms with Gasteiger partial charge in [-0.05, 0) is 56.2 Å². The number of Topliss-reactive ketones (excluding diaryl/α,β-unsaturated/α-hetero) is 1. The molecule has 2 aromatic carbocycles. The van der Waals surface area contributed by atoms with Crippen LogP contribution in [-0.2, 0) is 6.42 Å². The Bertz CT molecular complexity index is 809. The van der Waals surface area contributed by atoms with Gasteiger partial charge in [-0.1, -0.05) is 12.1 Å². The normalized spacial score (nSPS) is 15.2. The monoisotopic (exact) mass is 339 g/mol. The average molecular weight is 339 g/mol. The highest BCUT2D eigenvalue weighted by Crippen LogP contribution is 2.33. The highest BCUT2D eigenvalue weighted by atomic mass is 16.5. The van der Waals surface area contributed by atoms with E-state index >= 15 is 0 Å². The molecule has 3 rings (SSSR count). The fourth-order valence-corrected chi connectivity index (χ4v) is 2.88. The number of hydrogen-bond donors (Lipinski definition) is 2. The third-order valence-corrected chi connectivity index (χ3v) is 4.15. The van der Waals surface area contributed by atoms with Crippen molar-refractivity contribution in [3.05, 3.63) is 59.2 Å². The van der Waals surface area contributed by atoms with Crippen LogP contribution in [0.3, 0.4) is 0 Å². The minimum absolute atomic E-state index is 0.00927. The number of fused-ring (bicyclic) bond motifs is 1. The zero-order chi connectivity index (χ0) is 18.0. The Balaban J connectivity index is 1.64. The zero-order valence-corrected chi connectivity index (χ0v) is 14.3. The van der Waals surface area contributed by atoms with Gasteiger partial charge in [-0.15, -0.1) is 0 Å². The molecule has 0 fully saturated rings. The van der Waals surface area contributed by atoms with Gasteiger partial charge >= 0.3 is 0 Å². The van der Waals surface area contributed by atoms with Gasteiger partial charge in [0.15, 0.2) is 5.78 Å². The molecular formula is C20H21NO4. The number of rotatable bonds is 4. The van der Waals surface area contributed by atoms with Crippen LogP contribution in [0.25, 0.3) is 0 Å². The molecular weight excluding hydrogens is 318 g/mol. The Morgan fingerprint density at radius 1 is 1.20 bits per heavy atom. The van der Waals surface area contributed by atoms with Crippen molar-refractivity contribution >= 4 is 11.7 Å². The van der Waals surface area contributed by atoms with Gasteiger partial charge in [0.05, 0.1) is 12.0 Å². The van der Waals surface area contributed by atoms with Gasteiger partial charge < -0.3 is 15.2 Å². The van der Waals surface area contributed by atoms with E-state index in [1.807, 2.05) is 26.0 Å². The summed E-state index contributed by atoms with van der Waals surface area (Å²) in [6.07, 6.45) is 0.957. The van der Waals surface area contributed by atoms with Crippen LogP contribution in [0.15, 0.2) is 42.5 Å². The second-order valence-electron chi connectivity index (χ2n) is 6.84. The molecule has 0 aromatic heterocycles. The van der Waals surface area contributed by atoms with E-state index < -0.39 is 5.60 Å². The lowest BCUT2D eigenvalue weighted by Crippen LogP contribution is -2.36. The smallest absolute Gasteiger partial charge is 0.251 e. The Morgan fingerprint density at radius 2 is 1.92 bits per heavy atom. The lowest BCUT2D eigenvalue weighted by Gasteiger charge is -2.31. The molecule has 0 aliphatic carbocycles. The van der Waals surface area contributed by atoms with Gasteiger partial charge in [0.2, 0.25) is 0 Å². The van der Waals surface area contributed by atoms with Crippen LogP contribution in [0.5, 0.6) is 11.5 Å². The highest BCUT2D eigenvalue weighted by Gasteiger charge is 2.32. The van der Waals surface area contributed by atoms with Crippen LogP contribution >= 0.6 is 0 Å². The van der Waals surface area contributed by atoms with Gasteiger partial charge in [-0.2, -0.15) is 0 Å². The first-order valence-corrected chi connectivity index (χ1v) is 8.26. The second kappa shape index (κ2) is 6.59. The van der Waals surface area contributed by atoms with Crippen molar-refractivity contribution in [3.8, 4) is 11.5 Å². The molecule has 5 nitrogen and oxygen atoms in total. The van der Waals surface area contributed by atoms with Gasteiger partial charge in [-0.3, -0.25) is 9.59 Å². The molecule has 0 radical (unpaired) electrons. The maximum absolute atomic E-state index is 12.3. The number of hydrogen-bond acceptors (Lipinski definition) is 4. The fraction of sp³-hybridized carbons (Fsp3) is 0.300. The number of amides is 1. The predicted octanol–water partition coefficient (Wildman–Crippen LogP) is 3.11. The summed E-state index contributed by atoms with van der Waals surface area (Å²) in [6.45, 7) is 4.22. The van der Waals surface area contributed by atoms with E-state index in [0.29, 0.717) is 36.3 Å². The molecule has 0 saturated carbocycles. The van der Waals surface area contributed by atoms with Crippen LogP contribution in [0, 0.1) is 0 Å². The van der Waals surface area contributed by atoms with Crippen molar-refractivity contribution in [2.24, 2.45) is 0 Å². The molecule has 5 heteroatoms. The summed E-state index contributed by atoms with van der Waals surface area (Å²) in [4.78, 5) is 24.6. The van der Waals surface area contributed by atoms with E-state index in [-0.39, 0.29) is 17.4 Å². The third kappa shape index (κ3) is 3.99. The molecule has 25 heavy (non-hydrogen) atoms. The van der Waals surface area contributed by atoms with Crippen LogP contribution in [0.1, 0.15) is 46.5 Å². The first-order valence-electron chi connectivity index (χ1n) is 8.26. The van der Waals surface area contributed by atoms with Crippen molar-refractivity contribution in [2.75, 3.05) is 6.54 Å². The first-order chi connectivity index (χ1) is 11.8. The Hall–Kier alpha value is -2.82. The number of benzene rings is 2. The molecule has 2 aromatic rings. The molecule has 0 spiro atoms. The summed E-state index contributed by atoms with van der Waals surface area (Å²) < 4.78 is 5.80. The number of carbonyl (C=O) groups excluding carboxylic acids is 2. The third-order valence-electron chi connectivity index (χ3n) is 4.15. The Morgan fingerprint density at radius 3 is 2.64 bits per heavy atom. The maximum atomic E-state index is 12.3. The molecule has 1 amide bonds. The molecule has 0 saturated heterocycles. The fourth-order valence-electron chi connectivity index (χ4n) is 2.88. The number of ether oxygens (including phenoxy) is 1. The Labute approximate surface area is 146 Å².